The van der Waals surface area contributed by atoms with Crippen molar-refractivity contribution in [3.63, 3.8) is 0 Å². The molecule has 2 rings (SSSR count). The number of carbonyl (C=O) groups is 1. The van der Waals surface area contributed by atoms with Gasteiger partial charge in [0, 0.05) is 25.3 Å². The molecule has 1 aliphatic heterocycles. The molecular weight excluding hydrogens is 262 g/mol. The topological polar surface area (TPSA) is 45.2 Å². The molecule has 1 N–H and O–H groups in total. The molecule has 0 aliphatic carbocycles. The van der Waals surface area contributed by atoms with Gasteiger partial charge in [-0.25, -0.2) is 4.98 Å². The average molecular weight is 282 g/mol. The number of likely N-dealkylation sites (tertiary alicyclic amines) is 1. The first-order chi connectivity index (χ1) is 9.20. The third kappa shape index (κ3) is 3.91. The van der Waals surface area contributed by atoms with Gasteiger partial charge in [-0.15, -0.1) is 0 Å². The van der Waals surface area contributed by atoms with Crippen LogP contribution < -0.4 is 5.32 Å². The summed E-state index contributed by atoms with van der Waals surface area (Å²) >= 11 is 5.92. The molecule has 0 aromatic carbocycles. The Morgan fingerprint density at radius 3 is 2.89 bits per heavy atom. The molecular formula is C14H20ClN3O. The summed E-state index contributed by atoms with van der Waals surface area (Å²) in [4.78, 5) is 18.5. The number of nitrogens with zero attached hydrogens (tertiary/aromatic N) is 2. The molecule has 1 fully saturated rings. The highest BCUT2D eigenvalue weighted by molar-refractivity contribution is 6.32. The van der Waals surface area contributed by atoms with Crippen LogP contribution in [-0.2, 0) is 0 Å². The van der Waals surface area contributed by atoms with Crippen molar-refractivity contribution in [3.05, 3.63) is 29.0 Å². The maximum absolute atomic E-state index is 12.1. The molecule has 4 nitrogen and oxygen atoms in total. The van der Waals surface area contributed by atoms with Gasteiger partial charge in [0.2, 0.25) is 0 Å². The van der Waals surface area contributed by atoms with Crippen LogP contribution in [0.15, 0.2) is 18.3 Å². The Bertz CT molecular complexity index is 430. The fourth-order valence-electron chi connectivity index (χ4n) is 2.44. The van der Waals surface area contributed by atoms with Gasteiger partial charge in [-0.3, -0.25) is 4.79 Å². The van der Waals surface area contributed by atoms with Crippen LogP contribution in [0.5, 0.6) is 0 Å². The monoisotopic (exact) mass is 281 g/mol. The highest BCUT2D eigenvalue weighted by atomic mass is 35.5. The number of carbonyl (C=O) groups excluding carboxylic acids is 1. The number of nitrogens with one attached hydrogen (secondary N) is 1. The largest absolute Gasteiger partial charge is 0.349 e. The van der Waals surface area contributed by atoms with Crippen LogP contribution >= 0.6 is 11.6 Å². The summed E-state index contributed by atoms with van der Waals surface area (Å²) in [7, 11) is 0. The zero-order valence-corrected chi connectivity index (χ0v) is 12.0. The quantitative estimate of drug-likeness (QED) is 0.862. The molecule has 0 radical (unpaired) electrons. The van der Waals surface area contributed by atoms with Crippen LogP contribution in [0.4, 0.5) is 0 Å². The molecule has 1 aliphatic rings. The maximum atomic E-state index is 12.1. The molecule has 1 amide bonds. The van der Waals surface area contributed by atoms with Crippen LogP contribution in [0.25, 0.3) is 0 Å². The fourth-order valence-corrected chi connectivity index (χ4v) is 2.64. The fraction of sp³-hybridized carbons (Fsp3) is 0.571. The number of halogens is 1. The number of rotatable bonds is 4. The summed E-state index contributed by atoms with van der Waals surface area (Å²) in [5.41, 5.74) is 0.458. The van der Waals surface area contributed by atoms with Gasteiger partial charge in [0.15, 0.2) is 0 Å². The maximum Gasteiger partial charge on any atom is 0.254 e. The number of pyridine rings is 1. The van der Waals surface area contributed by atoms with Crippen LogP contribution in [-0.4, -0.2) is 41.5 Å². The molecule has 5 heteroatoms. The lowest BCUT2D eigenvalue weighted by atomic mass is 10.0. The van der Waals surface area contributed by atoms with Gasteiger partial charge >= 0.3 is 0 Å². The number of aromatic nitrogens is 1. The molecule has 104 valence electrons. The second-order valence-electron chi connectivity index (χ2n) is 4.93. The summed E-state index contributed by atoms with van der Waals surface area (Å²) < 4.78 is 0. The van der Waals surface area contributed by atoms with Crippen molar-refractivity contribution in [2.24, 2.45) is 0 Å². The van der Waals surface area contributed by atoms with Crippen molar-refractivity contribution in [3.8, 4) is 0 Å². The molecule has 19 heavy (non-hydrogen) atoms. The van der Waals surface area contributed by atoms with Gasteiger partial charge in [-0.1, -0.05) is 18.5 Å². The smallest absolute Gasteiger partial charge is 0.254 e. The van der Waals surface area contributed by atoms with Crippen LogP contribution in [0.1, 0.15) is 36.5 Å². The number of hydrogen-bond donors (Lipinski definition) is 1. The molecule has 2 heterocycles. The van der Waals surface area contributed by atoms with Crippen molar-refractivity contribution in [1.82, 2.24) is 15.2 Å². The zero-order chi connectivity index (χ0) is 13.7. The number of hydrogen-bond acceptors (Lipinski definition) is 3. The summed E-state index contributed by atoms with van der Waals surface area (Å²) in [6.45, 7) is 5.45. The molecule has 0 bridgehead atoms. The highest BCUT2D eigenvalue weighted by Crippen LogP contribution is 2.14. The lowest BCUT2D eigenvalue weighted by Gasteiger charge is -2.32. The van der Waals surface area contributed by atoms with E-state index in [-0.39, 0.29) is 17.1 Å². The normalized spacial score (nSPS) is 17.4. The summed E-state index contributed by atoms with van der Waals surface area (Å²) in [6.07, 6.45) is 4.78. The van der Waals surface area contributed by atoms with E-state index in [1.807, 2.05) is 0 Å². The summed E-state index contributed by atoms with van der Waals surface area (Å²) in [6, 6.07) is 3.68. The number of piperidine rings is 1. The van der Waals surface area contributed by atoms with E-state index < -0.39 is 0 Å². The van der Waals surface area contributed by atoms with Gasteiger partial charge in [-0.05, 0) is 37.9 Å². The van der Waals surface area contributed by atoms with E-state index in [9.17, 15) is 4.79 Å². The van der Waals surface area contributed by atoms with Crippen LogP contribution in [0.2, 0.25) is 5.15 Å². The Hall–Kier alpha value is -1.13. The Kier molecular flexibility index (Phi) is 5.16. The van der Waals surface area contributed by atoms with Gasteiger partial charge in [0.05, 0.1) is 5.56 Å². The third-order valence-electron chi connectivity index (χ3n) is 3.47. The third-order valence-corrected chi connectivity index (χ3v) is 3.77. The molecule has 1 aromatic heterocycles. The van der Waals surface area contributed by atoms with Crippen LogP contribution in [0, 0.1) is 0 Å². The van der Waals surface area contributed by atoms with Gasteiger partial charge < -0.3 is 10.2 Å². The Morgan fingerprint density at radius 2 is 2.26 bits per heavy atom. The van der Waals surface area contributed by atoms with Gasteiger partial charge in [0.1, 0.15) is 5.15 Å². The summed E-state index contributed by atoms with van der Waals surface area (Å²) in [5.74, 6) is -0.118. The molecule has 0 unspecified atom stereocenters. The first-order valence-electron chi connectivity index (χ1n) is 6.84. The number of amides is 1. The van der Waals surface area contributed by atoms with Crippen molar-refractivity contribution in [2.45, 2.75) is 32.2 Å². The van der Waals surface area contributed by atoms with Crippen molar-refractivity contribution in [2.75, 3.05) is 19.6 Å². The minimum Gasteiger partial charge on any atom is -0.349 e. The van der Waals surface area contributed by atoms with E-state index >= 15 is 0 Å². The van der Waals surface area contributed by atoms with Gasteiger partial charge in [0.25, 0.3) is 5.91 Å². The second-order valence-corrected chi connectivity index (χ2v) is 5.29. The Labute approximate surface area is 119 Å². The Balaban J connectivity index is 1.86. The van der Waals surface area contributed by atoms with Crippen molar-refractivity contribution >= 4 is 17.5 Å². The van der Waals surface area contributed by atoms with E-state index in [1.54, 1.807) is 18.3 Å². The molecule has 0 saturated carbocycles. The van der Waals surface area contributed by atoms with Crippen LogP contribution in [0.3, 0.4) is 0 Å². The molecule has 0 spiro atoms. The minimum absolute atomic E-state index is 0.118. The van der Waals surface area contributed by atoms with E-state index in [0.29, 0.717) is 5.56 Å². The standard InChI is InChI=1S/C14H20ClN3O/c1-2-8-18-9-5-11(6-10-18)17-14(19)12-4-3-7-16-13(12)15/h3-4,7,11H,2,5-6,8-10H2,1H3,(H,17,19). The average Bonchev–Trinajstić information content (AvgIpc) is 2.42. The van der Waals surface area contributed by atoms with Crippen molar-refractivity contribution in [1.29, 1.82) is 0 Å². The zero-order valence-electron chi connectivity index (χ0n) is 11.2. The first kappa shape index (κ1) is 14.3. The van der Waals surface area contributed by atoms with Crippen molar-refractivity contribution < 1.29 is 4.79 Å². The molecule has 1 saturated heterocycles. The SMILES string of the molecule is CCCN1CCC(NC(=O)c2cccnc2Cl)CC1. The lowest BCUT2D eigenvalue weighted by molar-refractivity contribution is 0.0911. The lowest BCUT2D eigenvalue weighted by Crippen LogP contribution is -2.44. The Morgan fingerprint density at radius 1 is 1.53 bits per heavy atom. The second kappa shape index (κ2) is 6.87. The molecule has 1 aromatic rings. The minimum atomic E-state index is -0.118. The van der Waals surface area contributed by atoms with E-state index in [4.69, 9.17) is 11.6 Å². The van der Waals surface area contributed by atoms with E-state index in [1.165, 1.54) is 6.42 Å². The molecule has 0 atom stereocenters. The van der Waals surface area contributed by atoms with E-state index in [0.717, 1.165) is 32.5 Å². The predicted octanol–water partition coefficient (Wildman–Crippen LogP) is 2.34. The van der Waals surface area contributed by atoms with Gasteiger partial charge in [-0.2, -0.15) is 0 Å². The highest BCUT2D eigenvalue weighted by Gasteiger charge is 2.21. The summed E-state index contributed by atoms with van der Waals surface area (Å²) in [5, 5.41) is 3.32. The predicted molar refractivity (Wildman–Crippen MR) is 76.5 cm³/mol. The van der Waals surface area contributed by atoms with E-state index in [2.05, 4.69) is 22.1 Å². The first-order valence-corrected chi connectivity index (χ1v) is 7.22.